The standard InChI is InChI=1S/C13H20OS/c1-5-9-14-12-10(13(2,3)4)7-6-8-11(12)15/h6-8,15H,5,9H2,1-4H3. The van der Waals surface area contributed by atoms with Gasteiger partial charge in [-0.25, -0.2) is 0 Å². The molecule has 0 atom stereocenters. The summed E-state index contributed by atoms with van der Waals surface area (Å²) in [5.41, 5.74) is 1.32. The van der Waals surface area contributed by atoms with Crippen molar-refractivity contribution in [2.45, 2.75) is 44.4 Å². The maximum Gasteiger partial charge on any atom is 0.136 e. The van der Waals surface area contributed by atoms with Gasteiger partial charge in [0.15, 0.2) is 0 Å². The van der Waals surface area contributed by atoms with E-state index in [1.165, 1.54) is 5.56 Å². The summed E-state index contributed by atoms with van der Waals surface area (Å²) in [6, 6.07) is 6.12. The third kappa shape index (κ3) is 3.16. The Morgan fingerprint density at radius 1 is 1.27 bits per heavy atom. The molecule has 0 aromatic heterocycles. The first-order valence-corrected chi connectivity index (χ1v) is 5.86. The fourth-order valence-corrected chi connectivity index (χ4v) is 1.74. The van der Waals surface area contributed by atoms with E-state index in [4.69, 9.17) is 4.74 Å². The van der Waals surface area contributed by atoms with E-state index < -0.39 is 0 Å². The van der Waals surface area contributed by atoms with Crippen LogP contribution in [0.1, 0.15) is 39.7 Å². The van der Waals surface area contributed by atoms with Gasteiger partial charge in [-0.15, -0.1) is 12.6 Å². The van der Waals surface area contributed by atoms with Crippen LogP contribution in [0.15, 0.2) is 23.1 Å². The van der Waals surface area contributed by atoms with Gasteiger partial charge in [0.25, 0.3) is 0 Å². The highest BCUT2D eigenvalue weighted by Crippen LogP contribution is 2.35. The van der Waals surface area contributed by atoms with Crippen LogP contribution in [0, 0.1) is 0 Å². The molecule has 0 saturated heterocycles. The van der Waals surface area contributed by atoms with Gasteiger partial charge in [-0.3, -0.25) is 0 Å². The predicted octanol–water partition coefficient (Wildman–Crippen LogP) is 4.06. The van der Waals surface area contributed by atoms with Crippen molar-refractivity contribution in [3.05, 3.63) is 23.8 Å². The molecule has 1 nitrogen and oxygen atoms in total. The zero-order chi connectivity index (χ0) is 11.5. The molecular weight excluding hydrogens is 204 g/mol. The van der Waals surface area contributed by atoms with Crippen molar-refractivity contribution in [1.29, 1.82) is 0 Å². The summed E-state index contributed by atoms with van der Waals surface area (Å²) < 4.78 is 5.77. The fraction of sp³-hybridized carbons (Fsp3) is 0.538. The van der Waals surface area contributed by atoms with Crippen molar-refractivity contribution in [3.8, 4) is 5.75 Å². The van der Waals surface area contributed by atoms with Crippen LogP contribution in [-0.2, 0) is 5.41 Å². The van der Waals surface area contributed by atoms with Gasteiger partial charge in [-0.05, 0) is 17.9 Å². The van der Waals surface area contributed by atoms with E-state index in [9.17, 15) is 0 Å². The summed E-state index contributed by atoms with van der Waals surface area (Å²) in [4.78, 5) is 0.927. The minimum atomic E-state index is 0.0990. The summed E-state index contributed by atoms with van der Waals surface area (Å²) in [5.74, 6) is 0.940. The first-order valence-electron chi connectivity index (χ1n) is 5.42. The van der Waals surface area contributed by atoms with Gasteiger partial charge in [0.2, 0.25) is 0 Å². The molecule has 15 heavy (non-hydrogen) atoms. The van der Waals surface area contributed by atoms with Crippen LogP contribution in [0.3, 0.4) is 0 Å². The Balaban J connectivity index is 3.09. The zero-order valence-electron chi connectivity index (χ0n) is 10.0. The Morgan fingerprint density at radius 2 is 1.93 bits per heavy atom. The maximum absolute atomic E-state index is 5.77. The molecule has 84 valence electrons. The van der Waals surface area contributed by atoms with Crippen molar-refractivity contribution in [2.75, 3.05) is 6.61 Å². The summed E-state index contributed by atoms with van der Waals surface area (Å²) in [6.07, 6.45) is 1.02. The molecule has 0 saturated carbocycles. The Kier molecular flexibility index (Phi) is 4.09. The molecule has 0 amide bonds. The SMILES string of the molecule is CCCOc1c(S)cccc1C(C)(C)C. The van der Waals surface area contributed by atoms with Crippen LogP contribution in [0.2, 0.25) is 0 Å². The first-order chi connectivity index (χ1) is 6.96. The molecule has 0 aliphatic carbocycles. The van der Waals surface area contributed by atoms with Gasteiger partial charge in [0, 0.05) is 10.5 Å². The summed E-state index contributed by atoms with van der Waals surface area (Å²) in [5, 5.41) is 0. The second-order valence-corrected chi connectivity index (χ2v) is 5.23. The Labute approximate surface area is 98.3 Å². The van der Waals surface area contributed by atoms with E-state index in [1.807, 2.05) is 12.1 Å². The predicted molar refractivity (Wildman–Crippen MR) is 68.2 cm³/mol. The zero-order valence-corrected chi connectivity index (χ0v) is 10.9. The van der Waals surface area contributed by atoms with E-state index in [2.05, 4.69) is 46.4 Å². The van der Waals surface area contributed by atoms with Crippen molar-refractivity contribution < 1.29 is 4.74 Å². The van der Waals surface area contributed by atoms with E-state index in [0.717, 1.165) is 23.7 Å². The highest BCUT2D eigenvalue weighted by molar-refractivity contribution is 7.80. The normalized spacial score (nSPS) is 11.5. The first kappa shape index (κ1) is 12.4. The van der Waals surface area contributed by atoms with Crippen LogP contribution < -0.4 is 4.74 Å². The Hall–Kier alpha value is -0.630. The smallest absolute Gasteiger partial charge is 0.136 e. The highest BCUT2D eigenvalue weighted by atomic mass is 32.1. The molecule has 0 aliphatic rings. The average molecular weight is 224 g/mol. The van der Waals surface area contributed by atoms with Crippen LogP contribution >= 0.6 is 12.6 Å². The molecule has 0 unspecified atom stereocenters. The quantitative estimate of drug-likeness (QED) is 0.762. The third-order valence-corrected chi connectivity index (χ3v) is 2.60. The lowest BCUT2D eigenvalue weighted by Gasteiger charge is -2.23. The topological polar surface area (TPSA) is 9.23 Å². The van der Waals surface area contributed by atoms with Gasteiger partial charge >= 0.3 is 0 Å². The molecule has 0 bridgehead atoms. The van der Waals surface area contributed by atoms with Gasteiger partial charge in [0.1, 0.15) is 5.75 Å². The second kappa shape index (κ2) is 4.93. The second-order valence-electron chi connectivity index (χ2n) is 4.75. The van der Waals surface area contributed by atoms with Crippen molar-refractivity contribution >= 4 is 12.6 Å². The van der Waals surface area contributed by atoms with E-state index in [-0.39, 0.29) is 5.41 Å². The maximum atomic E-state index is 5.77. The molecular formula is C13H20OS. The number of rotatable bonds is 3. The van der Waals surface area contributed by atoms with Crippen molar-refractivity contribution in [3.63, 3.8) is 0 Å². The van der Waals surface area contributed by atoms with Crippen molar-refractivity contribution in [2.24, 2.45) is 0 Å². The Morgan fingerprint density at radius 3 is 2.47 bits per heavy atom. The number of benzene rings is 1. The summed E-state index contributed by atoms with van der Waals surface area (Å²) in [6.45, 7) is 9.43. The monoisotopic (exact) mass is 224 g/mol. The number of hydrogen-bond acceptors (Lipinski definition) is 2. The van der Waals surface area contributed by atoms with Crippen LogP contribution in [-0.4, -0.2) is 6.61 Å². The number of para-hydroxylation sites is 1. The van der Waals surface area contributed by atoms with Gasteiger partial charge in [-0.1, -0.05) is 39.8 Å². The lowest BCUT2D eigenvalue weighted by atomic mass is 9.86. The fourth-order valence-electron chi connectivity index (χ4n) is 1.47. The molecule has 0 N–H and O–H groups in total. The largest absolute Gasteiger partial charge is 0.492 e. The molecule has 0 fully saturated rings. The van der Waals surface area contributed by atoms with Crippen molar-refractivity contribution in [1.82, 2.24) is 0 Å². The van der Waals surface area contributed by atoms with E-state index >= 15 is 0 Å². The molecule has 0 radical (unpaired) electrons. The van der Waals surface area contributed by atoms with Gasteiger partial charge < -0.3 is 4.74 Å². The third-order valence-electron chi connectivity index (χ3n) is 2.25. The summed E-state index contributed by atoms with van der Waals surface area (Å²) in [7, 11) is 0. The minimum absolute atomic E-state index is 0.0990. The average Bonchev–Trinajstić information content (AvgIpc) is 2.14. The van der Waals surface area contributed by atoms with Crippen LogP contribution in [0.5, 0.6) is 5.75 Å². The minimum Gasteiger partial charge on any atom is -0.492 e. The van der Waals surface area contributed by atoms with E-state index in [1.54, 1.807) is 0 Å². The van der Waals surface area contributed by atoms with E-state index in [0.29, 0.717) is 0 Å². The number of ether oxygens (including phenoxy) is 1. The summed E-state index contributed by atoms with van der Waals surface area (Å²) >= 11 is 4.45. The lowest BCUT2D eigenvalue weighted by molar-refractivity contribution is 0.301. The van der Waals surface area contributed by atoms with Gasteiger partial charge in [0.05, 0.1) is 6.61 Å². The molecule has 1 aromatic carbocycles. The molecule has 1 rings (SSSR count). The Bertz CT molecular complexity index is 326. The molecule has 0 spiro atoms. The number of hydrogen-bond donors (Lipinski definition) is 1. The van der Waals surface area contributed by atoms with Crippen LogP contribution in [0.25, 0.3) is 0 Å². The lowest BCUT2D eigenvalue weighted by Crippen LogP contribution is -2.14. The molecule has 2 heteroatoms. The highest BCUT2D eigenvalue weighted by Gasteiger charge is 2.20. The molecule has 1 aromatic rings. The molecule has 0 heterocycles. The number of thiol groups is 1. The van der Waals surface area contributed by atoms with Crippen LogP contribution in [0.4, 0.5) is 0 Å². The van der Waals surface area contributed by atoms with Gasteiger partial charge in [-0.2, -0.15) is 0 Å². The molecule has 0 aliphatic heterocycles.